The molecule has 2 rings (SSSR count). The molecule has 0 amide bonds. The summed E-state index contributed by atoms with van der Waals surface area (Å²) in [6, 6.07) is 5.84. The summed E-state index contributed by atoms with van der Waals surface area (Å²) in [5, 5.41) is 8.86. The lowest BCUT2D eigenvalue weighted by atomic mass is 10.2. The number of aryl methyl sites for hydroxylation is 1. The second-order valence-corrected chi connectivity index (χ2v) is 6.21. The van der Waals surface area contributed by atoms with Gasteiger partial charge in [-0.25, -0.2) is 18.1 Å². The quantitative estimate of drug-likeness (QED) is 0.925. The summed E-state index contributed by atoms with van der Waals surface area (Å²) in [5.41, 5.74) is 0.231. The lowest BCUT2D eigenvalue weighted by Gasteiger charge is -2.07. The summed E-state index contributed by atoms with van der Waals surface area (Å²) < 4.78 is 28.3. The molecular formula is C12H11ClN4O2S. The number of nitrogens with zero attached hydrogens (tertiary/aromatic N) is 3. The standard InChI is InChI=1S/C12H11ClN4O2S/c1-17-5-4-15-12(17)8-16-20(18,19)10-3-2-9(7-14)11(13)6-10/h2-6,16H,8H2,1H3. The average molecular weight is 311 g/mol. The minimum Gasteiger partial charge on any atom is -0.337 e. The van der Waals surface area contributed by atoms with Gasteiger partial charge in [0.15, 0.2) is 0 Å². The van der Waals surface area contributed by atoms with Gasteiger partial charge in [0.2, 0.25) is 10.0 Å². The van der Waals surface area contributed by atoms with Gasteiger partial charge in [0.25, 0.3) is 0 Å². The van der Waals surface area contributed by atoms with Crippen LogP contribution in [0.1, 0.15) is 11.4 Å². The molecule has 20 heavy (non-hydrogen) atoms. The maximum Gasteiger partial charge on any atom is 0.241 e. The first-order valence-corrected chi connectivity index (χ1v) is 7.45. The summed E-state index contributed by atoms with van der Waals surface area (Å²) in [5.74, 6) is 0.591. The molecule has 8 heteroatoms. The highest BCUT2D eigenvalue weighted by atomic mass is 35.5. The molecule has 0 radical (unpaired) electrons. The molecule has 1 heterocycles. The van der Waals surface area contributed by atoms with Gasteiger partial charge in [0, 0.05) is 19.4 Å². The second-order valence-electron chi connectivity index (χ2n) is 4.03. The molecule has 0 spiro atoms. The third-order valence-electron chi connectivity index (χ3n) is 2.71. The molecule has 0 bridgehead atoms. The zero-order valence-corrected chi connectivity index (χ0v) is 12.1. The van der Waals surface area contributed by atoms with Crippen molar-refractivity contribution in [3.05, 3.63) is 47.0 Å². The van der Waals surface area contributed by atoms with Crippen molar-refractivity contribution in [2.45, 2.75) is 11.4 Å². The minimum absolute atomic E-state index is 0.00992. The molecule has 1 aromatic carbocycles. The Hall–Kier alpha value is -1.88. The number of hydrogen-bond acceptors (Lipinski definition) is 4. The molecule has 0 unspecified atom stereocenters. The summed E-state index contributed by atoms with van der Waals surface area (Å²) >= 11 is 5.83. The van der Waals surface area contributed by atoms with Crippen molar-refractivity contribution in [3.8, 4) is 6.07 Å². The zero-order chi connectivity index (χ0) is 14.8. The van der Waals surface area contributed by atoms with Crippen LogP contribution in [0.15, 0.2) is 35.5 Å². The van der Waals surface area contributed by atoms with E-state index in [4.69, 9.17) is 16.9 Å². The second kappa shape index (κ2) is 5.63. The average Bonchev–Trinajstić information content (AvgIpc) is 2.82. The van der Waals surface area contributed by atoms with Gasteiger partial charge in [-0.05, 0) is 18.2 Å². The van der Waals surface area contributed by atoms with E-state index in [-0.39, 0.29) is 22.0 Å². The number of sulfonamides is 1. The van der Waals surface area contributed by atoms with E-state index in [0.29, 0.717) is 5.82 Å². The van der Waals surface area contributed by atoms with Crippen LogP contribution in [0.4, 0.5) is 0 Å². The molecule has 2 aromatic rings. The van der Waals surface area contributed by atoms with Gasteiger partial charge >= 0.3 is 0 Å². The normalized spacial score (nSPS) is 11.2. The van der Waals surface area contributed by atoms with Crippen LogP contribution in [-0.4, -0.2) is 18.0 Å². The van der Waals surface area contributed by atoms with Crippen LogP contribution in [-0.2, 0) is 23.6 Å². The number of halogens is 1. The lowest BCUT2D eigenvalue weighted by Crippen LogP contribution is -2.24. The molecule has 6 nitrogen and oxygen atoms in total. The van der Waals surface area contributed by atoms with Crippen molar-refractivity contribution in [1.29, 1.82) is 5.26 Å². The Morgan fingerprint density at radius 3 is 2.80 bits per heavy atom. The van der Waals surface area contributed by atoms with Crippen LogP contribution in [0.2, 0.25) is 5.02 Å². The SMILES string of the molecule is Cn1ccnc1CNS(=O)(=O)c1ccc(C#N)c(Cl)c1. The Balaban J connectivity index is 2.21. The highest BCUT2D eigenvalue weighted by Gasteiger charge is 2.16. The van der Waals surface area contributed by atoms with Gasteiger partial charge in [0.05, 0.1) is 22.0 Å². The Kier molecular flexibility index (Phi) is 4.09. The first kappa shape index (κ1) is 14.5. The molecule has 1 aromatic heterocycles. The first-order valence-electron chi connectivity index (χ1n) is 5.59. The number of imidazole rings is 1. The van der Waals surface area contributed by atoms with E-state index in [1.165, 1.54) is 18.2 Å². The molecule has 0 aliphatic rings. The minimum atomic E-state index is -3.70. The number of rotatable bonds is 4. The van der Waals surface area contributed by atoms with Gasteiger partial charge in [-0.15, -0.1) is 0 Å². The van der Waals surface area contributed by atoms with E-state index >= 15 is 0 Å². The van der Waals surface area contributed by atoms with Gasteiger partial charge in [-0.3, -0.25) is 0 Å². The topological polar surface area (TPSA) is 87.8 Å². The Morgan fingerprint density at radius 1 is 1.50 bits per heavy atom. The molecule has 0 saturated carbocycles. The van der Waals surface area contributed by atoms with E-state index in [2.05, 4.69) is 9.71 Å². The fourth-order valence-electron chi connectivity index (χ4n) is 1.56. The van der Waals surface area contributed by atoms with E-state index in [9.17, 15) is 8.42 Å². The Bertz CT molecular complexity index is 777. The third-order valence-corrected chi connectivity index (χ3v) is 4.42. The van der Waals surface area contributed by atoms with E-state index in [1.54, 1.807) is 24.0 Å². The van der Waals surface area contributed by atoms with Crippen LogP contribution >= 0.6 is 11.6 Å². The Labute approximate surface area is 121 Å². The maximum atomic E-state index is 12.1. The maximum absolute atomic E-state index is 12.1. The van der Waals surface area contributed by atoms with Crippen LogP contribution in [0.3, 0.4) is 0 Å². The molecule has 0 fully saturated rings. The van der Waals surface area contributed by atoms with E-state index in [0.717, 1.165) is 0 Å². The van der Waals surface area contributed by atoms with Crippen molar-refractivity contribution in [2.24, 2.45) is 7.05 Å². The van der Waals surface area contributed by atoms with E-state index in [1.807, 2.05) is 6.07 Å². The molecule has 0 aliphatic heterocycles. The summed E-state index contributed by atoms with van der Waals surface area (Å²) in [4.78, 5) is 4.03. The molecule has 1 N–H and O–H groups in total. The molecule has 0 saturated heterocycles. The van der Waals surface area contributed by atoms with Gasteiger partial charge in [-0.1, -0.05) is 11.6 Å². The number of nitrogens with one attached hydrogen (secondary N) is 1. The zero-order valence-electron chi connectivity index (χ0n) is 10.5. The predicted octanol–water partition coefficient (Wildman–Crippen LogP) is 1.42. The van der Waals surface area contributed by atoms with Crippen molar-refractivity contribution in [1.82, 2.24) is 14.3 Å². The van der Waals surface area contributed by atoms with Crippen molar-refractivity contribution < 1.29 is 8.42 Å². The first-order chi connectivity index (χ1) is 9.44. The summed E-state index contributed by atoms with van der Waals surface area (Å²) in [6.45, 7) is 0.0729. The number of nitriles is 1. The summed E-state index contributed by atoms with van der Waals surface area (Å²) in [6.07, 6.45) is 3.31. The summed E-state index contributed by atoms with van der Waals surface area (Å²) in [7, 11) is -1.92. The van der Waals surface area contributed by atoms with Crippen LogP contribution in [0.25, 0.3) is 0 Å². The highest BCUT2D eigenvalue weighted by Crippen LogP contribution is 2.20. The number of aromatic nitrogens is 2. The smallest absolute Gasteiger partial charge is 0.241 e. The van der Waals surface area contributed by atoms with Crippen molar-refractivity contribution >= 4 is 21.6 Å². The highest BCUT2D eigenvalue weighted by molar-refractivity contribution is 7.89. The van der Waals surface area contributed by atoms with Crippen molar-refractivity contribution in [3.63, 3.8) is 0 Å². The number of benzene rings is 1. The molecule has 0 atom stereocenters. The van der Waals surface area contributed by atoms with Crippen LogP contribution in [0, 0.1) is 11.3 Å². The fourth-order valence-corrected chi connectivity index (χ4v) is 2.86. The largest absolute Gasteiger partial charge is 0.337 e. The van der Waals surface area contributed by atoms with Gasteiger partial charge in [-0.2, -0.15) is 5.26 Å². The van der Waals surface area contributed by atoms with Gasteiger partial charge < -0.3 is 4.57 Å². The van der Waals surface area contributed by atoms with Crippen LogP contribution in [0.5, 0.6) is 0 Å². The lowest BCUT2D eigenvalue weighted by molar-refractivity contribution is 0.577. The van der Waals surface area contributed by atoms with Crippen molar-refractivity contribution in [2.75, 3.05) is 0 Å². The third kappa shape index (κ3) is 2.99. The number of hydrogen-bond donors (Lipinski definition) is 1. The molecule has 0 aliphatic carbocycles. The monoisotopic (exact) mass is 310 g/mol. The molecular weight excluding hydrogens is 300 g/mol. The molecule has 104 valence electrons. The Morgan fingerprint density at radius 2 is 2.25 bits per heavy atom. The van der Waals surface area contributed by atoms with Crippen LogP contribution < -0.4 is 4.72 Å². The van der Waals surface area contributed by atoms with E-state index < -0.39 is 10.0 Å². The fraction of sp³-hybridized carbons (Fsp3) is 0.167. The predicted molar refractivity (Wildman–Crippen MR) is 73.4 cm³/mol. The van der Waals surface area contributed by atoms with Gasteiger partial charge in [0.1, 0.15) is 11.9 Å².